The van der Waals surface area contributed by atoms with Crippen LogP contribution in [0.25, 0.3) is 0 Å². The van der Waals surface area contributed by atoms with Crippen molar-refractivity contribution < 1.29 is 9.47 Å². The predicted octanol–water partition coefficient (Wildman–Crippen LogP) is 5.88. The van der Waals surface area contributed by atoms with Crippen LogP contribution < -0.4 is 9.47 Å². The second-order valence-corrected chi connectivity index (χ2v) is 9.30. The summed E-state index contributed by atoms with van der Waals surface area (Å²) in [6.07, 6.45) is 14.0. The van der Waals surface area contributed by atoms with Crippen LogP contribution in [0.5, 0.6) is 17.4 Å². The highest BCUT2D eigenvalue weighted by atomic mass is 16.5. The Balaban J connectivity index is 1.20. The van der Waals surface area contributed by atoms with Crippen molar-refractivity contribution in [3.05, 3.63) is 71.5 Å². The molecule has 1 saturated carbocycles. The van der Waals surface area contributed by atoms with Gasteiger partial charge in [-0.3, -0.25) is 4.90 Å². The highest BCUT2D eigenvalue weighted by Gasteiger charge is 2.35. The summed E-state index contributed by atoms with van der Waals surface area (Å²) in [6.45, 7) is 5.74. The van der Waals surface area contributed by atoms with Crippen LogP contribution in [-0.4, -0.2) is 29.6 Å². The van der Waals surface area contributed by atoms with Crippen molar-refractivity contribution in [1.82, 2.24) is 9.88 Å². The van der Waals surface area contributed by atoms with E-state index in [1.807, 2.05) is 13.0 Å². The molecular formula is C28H31N3O2. The lowest BCUT2D eigenvalue weighted by molar-refractivity contribution is 0.190. The van der Waals surface area contributed by atoms with Gasteiger partial charge in [-0.05, 0) is 87.2 Å². The van der Waals surface area contributed by atoms with Gasteiger partial charge in [0.15, 0.2) is 11.5 Å². The van der Waals surface area contributed by atoms with Gasteiger partial charge in [0, 0.05) is 18.8 Å². The van der Waals surface area contributed by atoms with Crippen molar-refractivity contribution in [2.75, 3.05) is 19.7 Å². The summed E-state index contributed by atoms with van der Waals surface area (Å²) in [5.41, 5.74) is 3.43. The first-order valence-electron chi connectivity index (χ1n) is 12.1. The molecule has 0 radical (unpaired) electrons. The third kappa shape index (κ3) is 5.29. The van der Waals surface area contributed by atoms with E-state index < -0.39 is 0 Å². The molecule has 5 rings (SSSR count). The van der Waals surface area contributed by atoms with Crippen LogP contribution in [0.2, 0.25) is 0 Å². The number of hydrogen-bond acceptors (Lipinski definition) is 5. The van der Waals surface area contributed by atoms with Crippen LogP contribution in [0, 0.1) is 29.1 Å². The second kappa shape index (κ2) is 9.80. The van der Waals surface area contributed by atoms with Crippen molar-refractivity contribution in [2.24, 2.45) is 17.8 Å². The van der Waals surface area contributed by atoms with E-state index in [4.69, 9.17) is 14.7 Å². The zero-order valence-electron chi connectivity index (χ0n) is 19.2. The van der Waals surface area contributed by atoms with E-state index in [1.54, 1.807) is 17.7 Å². The highest BCUT2D eigenvalue weighted by Crippen LogP contribution is 2.45. The maximum absolute atomic E-state index is 8.94. The van der Waals surface area contributed by atoms with E-state index in [0.29, 0.717) is 23.8 Å². The average molecular weight is 442 g/mol. The van der Waals surface area contributed by atoms with Gasteiger partial charge in [-0.25, -0.2) is 4.98 Å². The minimum atomic E-state index is 0.449. The molecule has 2 atom stereocenters. The van der Waals surface area contributed by atoms with E-state index in [-0.39, 0.29) is 0 Å². The number of benzene rings is 1. The first-order chi connectivity index (χ1) is 16.2. The molecule has 3 aliphatic rings. The zero-order valence-corrected chi connectivity index (χ0v) is 19.2. The molecule has 1 aromatic heterocycles. The van der Waals surface area contributed by atoms with Crippen LogP contribution in [0.3, 0.4) is 0 Å². The smallest absolute Gasteiger partial charge is 0.219 e. The van der Waals surface area contributed by atoms with Crippen LogP contribution in [0.1, 0.15) is 43.7 Å². The maximum atomic E-state index is 8.94. The number of aromatic nitrogens is 1. The zero-order chi connectivity index (χ0) is 22.6. The monoisotopic (exact) mass is 441 g/mol. The molecule has 5 nitrogen and oxygen atoms in total. The molecule has 2 aliphatic carbocycles. The van der Waals surface area contributed by atoms with Gasteiger partial charge >= 0.3 is 0 Å². The number of nitrogens with zero attached hydrogens (tertiary/aromatic N) is 3. The molecule has 2 heterocycles. The normalized spacial score (nSPS) is 22.6. The minimum Gasteiger partial charge on any atom is -0.490 e. The summed E-state index contributed by atoms with van der Waals surface area (Å²) in [4.78, 5) is 6.76. The number of pyridine rings is 1. The Kier molecular flexibility index (Phi) is 6.46. The summed E-state index contributed by atoms with van der Waals surface area (Å²) in [6, 6.07) is 11.6. The van der Waals surface area contributed by atoms with Crippen LogP contribution >= 0.6 is 0 Å². The third-order valence-corrected chi connectivity index (χ3v) is 6.96. The van der Waals surface area contributed by atoms with Gasteiger partial charge in [0.2, 0.25) is 5.88 Å². The lowest BCUT2D eigenvalue weighted by atomic mass is 9.86. The van der Waals surface area contributed by atoms with E-state index in [0.717, 1.165) is 49.6 Å². The van der Waals surface area contributed by atoms with E-state index in [1.165, 1.54) is 31.0 Å². The number of ether oxygens (including phenoxy) is 2. The van der Waals surface area contributed by atoms with Gasteiger partial charge < -0.3 is 9.47 Å². The van der Waals surface area contributed by atoms with E-state index in [2.05, 4.69) is 46.3 Å². The molecule has 0 N–H and O–H groups in total. The fraction of sp³-hybridized carbons (Fsp3) is 0.429. The fourth-order valence-electron chi connectivity index (χ4n) is 5.02. The largest absolute Gasteiger partial charge is 0.490 e. The van der Waals surface area contributed by atoms with Crippen molar-refractivity contribution in [1.29, 1.82) is 5.26 Å². The number of hydrogen-bond donors (Lipinski definition) is 0. The van der Waals surface area contributed by atoms with Crippen LogP contribution in [-0.2, 0) is 6.54 Å². The van der Waals surface area contributed by atoms with Crippen molar-refractivity contribution in [3.63, 3.8) is 0 Å². The number of allylic oxidation sites excluding steroid dienone is 4. The second-order valence-electron chi connectivity index (χ2n) is 9.30. The molecule has 1 saturated heterocycles. The van der Waals surface area contributed by atoms with Gasteiger partial charge in [-0.2, -0.15) is 5.26 Å². The van der Waals surface area contributed by atoms with Crippen LogP contribution in [0.4, 0.5) is 0 Å². The molecule has 1 aliphatic heterocycles. The molecule has 2 unspecified atom stereocenters. The molecular weight excluding hydrogens is 410 g/mol. The number of likely N-dealkylation sites (tertiary alicyclic amines) is 1. The van der Waals surface area contributed by atoms with Gasteiger partial charge in [-0.15, -0.1) is 0 Å². The summed E-state index contributed by atoms with van der Waals surface area (Å²) in [5, 5.41) is 8.94. The summed E-state index contributed by atoms with van der Waals surface area (Å²) < 4.78 is 11.8. The SMILES string of the molecule is CCOc1cc(CN2CCC(C3=CC4CC4C=CC3)CC2)ccc1Oc1ccc(C#N)cn1. The molecule has 5 heteroatoms. The Bertz CT molecular complexity index is 1080. The average Bonchev–Trinajstić information content (AvgIpc) is 3.61. The molecule has 0 bridgehead atoms. The fourth-order valence-corrected chi connectivity index (χ4v) is 5.02. The molecule has 2 aromatic rings. The Morgan fingerprint density at radius 3 is 2.76 bits per heavy atom. The van der Waals surface area contributed by atoms with Gasteiger partial charge in [0.05, 0.1) is 12.2 Å². The molecule has 1 aromatic carbocycles. The molecule has 0 amide bonds. The van der Waals surface area contributed by atoms with Gasteiger partial charge in [0.1, 0.15) is 6.07 Å². The Morgan fingerprint density at radius 1 is 1.12 bits per heavy atom. The van der Waals surface area contributed by atoms with E-state index >= 15 is 0 Å². The summed E-state index contributed by atoms with van der Waals surface area (Å²) in [5.74, 6) is 4.23. The Labute approximate surface area is 196 Å². The molecule has 2 fully saturated rings. The topological polar surface area (TPSA) is 58.4 Å². The van der Waals surface area contributed by atoms with Gasteiger partial charge in [0.25, 0.3) is 0 Å². The number of rotatable bonds is 7. The first-order valence-corrected chi connectivity index (χ1v) is 12.1. The predicted molar refractivity (Wildman–Crippen MR) is 128 cm³/mol. The Morgan fingerprint density at radius 2 is 2.00 bits per heavy atom. The molecule has 33 heavy (non-hydrogen) atoms. The number of piperidine rings is 1. The maximum Gasteiger partial charge on any atom is 0.219 e. The van der Waals surface area contributed by atoms with Crippen molar-refractivity contribution in [3.8, 4) is 23.4 Å². The highest BCUT2D eigenvalue weighted by molar-refractivity contribution is 5.45. The van der Waals surface area contributed by atoms with Crippen molar-refractivity contribution >= 4 is 0 Å². The number of fused-ring (bicyclic) bond motifs is 1. The lowest BCUT2D eigenvalue weighted by Gasteiger charge is -2.33. The lowest BCUT2D eigenvalue weighted by Crippen LogP contribution is -2.33. The van der Waals surface area contributed by atoms with Crippen molar-refractivity contribution in [2.45, 2.75) is 39.2 Å². The summed E-state index contributed by atoms with van der Waals surface area (Å²) in [7, 11) is 0. The standard InChI is InChI=1S/C28H31N3O2/c1-2-32-27-14-20(6-8-26(27)33-28-9-7-21(17-29)18-30-28)19-31-12-10-22(11-13-31)23-4-3-5-24-16-25(24)15-23/h3,5-9,14-15,18,22,24-25H,2,4,10-13,16,19H2,1H3. The minimum absolute atomic E-state index is 0.449. The molecule has 170 valence electrons. The third-order valence-electron chi connectivity index (χ3n) is 6.96. The van der Waals surface area contributed by atoms with Gasteiger partial charge in [-0.1, -0.05) is 29.9 Å². The van der Waals surface area contributed by atoms with Crippen LogP contribution in [0.15, 0.2) is 60.3 Å². The number of nitriles is 1. The van der Waals surface area contributed by atoms with E-state index in [9.17, 15) is 0 Å². The summed E-state index contributed by atoms with van der Waals surface area (Å²) >= 11 is 0. The molecule has 0 spiro atoms. The first kappa shape index (κ1) is 21.7. The quantitative estimate of drug-likeness (QED) is 0.502. The Hall–Kier alpha value is -3.10.